The summed E-state index contributed by atoms with van der Waals surface area (Å²) in [5.41, 5.74) is 11.2. The van der Waals surface area contributed by atoms with Crippen LogP contribution in [0.15, 0.2) is 60.3 Å². The number of hydrogen-bond acceptors (Lipinski definition) is 1. The van der Waals surface area contributed by atoms with Crippen molar-refractivity contribution >= 4 is 17.1 Å². The van der Waals surface area contributed by atoms with E-state index in [2.05, 4.69) is 119 Å². The summed E-state index contributed by atoms with van der Waals surface area (Å²) < 4.78 is 2.59. The molecule has 0 radical (unpaired) electrons. The predicted octanol–water partition coefficient (Wildman–Crippen LogP) is 9.30. The SMILES string of the molecule is CCCCCN1/C(=C/C=C/C2=[N+](CCCCC)c3ccc(C)cc3C2(C)C)C(C)(C)c2cc(C)ccc21. The van der Waals surface area contributed by atoms with Gasteiger partial charge in [-0.15, -0.1) is 0 Å². The molecule has 198 valence electrons. The largest absolute Gasteiger partial charge is 0.344 e. The van der Waals surface area contributed by atoms with Crippen molar-refractivity contribution < 1.29 is 4.58 Å². The van der Waals surface area contributed by atoms with Crippen LogP contribution in [0.2, 0.25) is 0 Å². The van der Waals surface area contributed by atoms with E-state index in [1.54, 1.807) is 0 Å². The first kappa shape index (κ1) is 27.4. The summed E-state index contributed by atoms with van der Waals surface area (Å²) in [6.07, 6.45) is 14.7. The number of nitrogens with zero attached hydrogens (tertiary/aromatic N) is 2. The van der Waals surface area contributed by atoms with Crippen molar-refractivity contribution in [3.05, 3.63) is 82.6 Å². The lowest BCUT2D eigenvalue weighted by atomic mass is 9.80. The summed E-state index contributed by atoms with van der Waals surface area (Å²) in [4.78, 5) is 2.59. The van der Waals surface area contributed by atoms with Crippen molar-refractivity contribution in [2.45, 2.75) is 105 Å². The molecule has 37 heavy (non-hydrogen) atoms. The van der Waals surface area contributed by atoms with Crippen molar-refractivity contribution in [1.29, 1.82) is 0 Å². The maximum absolute atomic E-state index is 2.59. The normalized spacial score (nSPS) is 18.8. The molecule has 0 N–H and O–H groups in total. The van der Waals surface area contributed by atoms with E-state index in [1.807, 2.05) is 0 Å². The van der Waals surface area contributed by atoms with Crippen LogP contribution in [-0.4, -0.2) is 23.4 Å². The first-order valence-corrected chi connectivity index (χ1v) is 14.7. The van der Waals surface area contributed by atoms with Crippen molar-refractivity contribution in [3.63, 3.8) is 0 Å². The summed E-state index contributed by atoms with van der Waals surface area (Å²) in [7, 11) is 0. The third kappa shape index (κ3) is 5.22. The van der Waals surface area contributed by atoms with Gasteiger partial charge in [-0.3, -0.25) is 0 Å². The first-order chi connectivity index (χ1) is 17.6. The van der Waals surface area contributed by atoms with Crippen LogP contribution >= 0.6 is 0 Å². The van der Waals surface area contributed by atoms with Crippen LogP contribution in [0, 0.1) is 13.8 Å². The van der Waals surface area contributed by atoms with Crippen LogP contribution < -0.4 is 4.90 Å². The van der Waals surface area contributed by atoms with Gasteiger partial charge >= 0.3 is 0 Å². The number of unbranched alkanes of at least 4 members (excludes halogenated alkanes) is 4. The van der Waals surface area contributed by atoms with Gasteiger partial charge in [-0.05, 0) is 64.3 Å². The molecule has 2 aromatic carbocycles. The fraction of sp³-hybridized carbons (Fsp3) is 0.514. The Hall–Kier alpha value is -2.61. The zero-order valence-corrected chi connectivity index (χ0v) is 24.7. The molecule has 0 aliphatic carbocycles. The van der Waals surface area contributed by atoms with E-state index in [0.717, 1.165) is 13.1 Å². The molecular formula is C35H49N2+. The number of aryl methyl sites for hydroxylation is 2. The van der Waals surface area contributed by atoms with Gasteiger partial charge in [0, 0.05) is 47.5 Å². The number of hydrogen-bond donors (Lipinski definition) is 0. The molecule has 0 saturated carbocycles. The maximum atomic E-state index is 2.59. The van der Waals surface area contributed by atoms with Crippen molar-refractivity contribution in [2.75, 3.05) is 18.0 Å². The second-order valence-corrected chi connectivity index (χ2v) is 12.3. The Morgan fingerprint density at radius 1 is 0.784 bits per heavy atom. The van der Waals surface area contributed by atoms with Crippen LogP contribution in [0.5, 0.6) is 0 Å². The molecule has 4 rings (SSSR count). The lowest BCUT2D eigenvalue weighted by Gasteiger charge is -2.27. The van der Waals surface area contributed by atoms with Gasteiger partial charge in [0.05, 0.1) is 5.41 Å². The average molecular weight is 498 g/mol. The molecule has 0 atom stereocenters. The summed E-state index contributed by atoms with van der Waals surface area (Å²) in [5, 5.41) is 0. The summed E-state index contributed by atoms with van der Waals surface area (Å²) in [6.45, 7) is 20.8. The zero-order valence-electron chi connectivity index (χ0n) is 24.7. The molecule has 0 saturated heterocycles. The highest BCUT2D eigenvalue weighted by atomic mass is 15.2. The number of rotatable bonds is 10. The molecule has 2 aliphatic heterocycles. The Balaban J connectivity index is 1.73. The minimum atomic E-state index is -0.00530. The summed E-state index contributed by atoms with van der Waals surface area (Å²) in [6, 6.07) is 14.0. The molecular weight excluding hydrogens is 448 g/mol. The molecule has 0 bridgehead atoms. The molecule has 2 heteroatoms. The van der Waals surface area contributed by atoms with Crippen LogP contribution in [-0.2, 0) is 10.8 Å². The van der Waals surface area contributed by atoms with Gasteiger partial charge in [0.1, 0.15) is 6.54 Å². The fourth-order valence-electron chi connectivity index (χ4n) is 6.33. The van der Waals surface area contributed by atoms with Crippen LogP contribution in [0.1, 0.15) is 102 Å². The van der Waals surface area contributed by atoms with Crippen LogP contribution in [0.3, 0.4) is 0 Å². The molecule has 0 amide bonds. The highest BCUT2D eigenvalue weighted by Crippen LogP contribution is 2.48. The van der Waals surface area contributed by atoms with E-state index in [9.17, 15) is 0 Å². The van der Waals surface area contributed by atoms with Gasteiger partial charge in [-0.25, -0.2) is 0 Å². The quantitative estimate of drug-likeness (QED) is 0.234. The van der Waals surface area contributed by atoms with Gasteiger partial charge in [-0.1, -0.05) is 82.4 Å². The van der Waals surface area contributed by atoms with E-state index in [1.165, 1.54) is 83.6 Å². The number of allylic oxidation sites excluding steroid dienone is 4. The van der Waals surface area contributed by atoms with E-state index >= 15 is 0 Å². The zero-order chi connectivity index (χ0) is 26.8. The Labute approximate surface area is 226 Å². The second-order valence-electron chi connectivity index (χ2n) is 12.3. The predicted molar refractivity (Wildman–Crippen MR) is 162 cm³/mol. The maximum Gasteiger partial charge on any atom is 0.209 e. The Kier molecular flexibility index (Phi) is 8.17. The van der Waals surface area contributed by atoms with Gasteiger partial charge < -0.3 is 4.90 Å². The Morgan fingerprint density at radius 3 is 2.14 bits per heavy atom. The van der Waals surface area contributed by atoms with Crippen molar-refractivity contribution in [2.24, 2.45) is 0 Å². The second kappa shape index (κ2) is 11.0. The molecule has 0 aromatic heterocycles. The minimum absolute atomic E-state index is 0.00530. The monoisotopic (exact) mass is 497 g/mol. The van der Waals surface area contributed by atoms with Gasteiger partial charge in [0.2, 0.25) is 5.69 Å². The molecule has 0 unspecified atom stereocenters. The van der Waals surface area contributed by atoms with Crippen LogP contribution in [0.4, 0.5) is 11.4 Å². The highest BCUT2D eigenvalue weighted by Gasteiger charge is 2.44. The van der Waals surface area contributed by atoms with E-state index < -0.39 is 0 Å². The molecule has 2 nitrogen and oxygen atoms in total. The molecule has 2 heterocycles. The molecule has 2 aromatic rings. The highest BCUT2D eigenvalue weighted by molar-refractivity contribution is 6.03. The van der Waals surface area contributed by atoms with Gasteiger partial charge in [-0.2, -0.15) is 4.58 Å². The first-order valence-electron chi connectivity index (χ1n) is 14.7. The lowest BCUT2D eigenvalue weighted by molar-refractivity contribution is -0.438. The molecule has 0 spiro atoms. The lowest BCUT2D eigenvalue weighted by Crippen LogP contribution is -2.28. The van der Waals surface area contributed by atoms with E-state index in [4.69, 9.17) is 0 Å². The van der Waals surface area contributed by atoms with E-state index in [-0.39, 0.29) is 10.8 Å². The standard InChI is InChI=1S/C35H49N2/c1-9-11-13-22-36-30-20-18-26(3)24-28(30)34(5,6)32(36)16-15-17-33-35(7,8)29-25-27(4)19-21-31(29)37(33)23-14-12-10-2/h15-21,24-25H,9-14,22-23H2,1-8H3/q+1. The average Bonchev–Trinajstić information content (AvgIpc) is 3.18. The van der Waals surface area contributed by atoms with Crippen molar-refractivity contribution in [3.8, 4) is 0 Å². The van der Waals surface area contributed by atoms with E-state index in [0.29, 0.717) is 0 Å². The van der Waals surface area contributed by atoms with Crippen molar-refractivity contribution in [1.82, 2.24) is 0 Å². The summed E-state index contributed by atoms with van der Waals surface area (Å²) in [5.74, 6) is 0. The third-order valence-corrected chi connectivity index (χ3v) is 8.57. The molecule has 0 fully saturated rings. The number of fused-ring (bicyclic) bond motifs is 2. The summed E-state index contributed by atoms with van der Waals surface area (Å²) >= 11 is 0. The smallest absolute Gasteiger partial charge is 0.209 e. The number of anilines is 1. The minimum Gasteiger partial charge on any atom is -0.344 e. The molecule has 2 aliphatic rings. The topological polar surface area (TPSA) is 6.25 Å². The Morgan fingerprint density at radius 2 is 1.43 bits per heavy atom. The van der Waals surface area contributed by atoms with Gasteiger partial charge in [0.25, 0.3) is 0 Å². The Bertz CT molecular complexity index is 1220. The van der Waals surface area contributed by atoms with Crippen LogP contribution in [0.25, 0.3) is 0 Å². The third-order valence-electron chi connectivity index (χ3n) is 8.57. The van der Waals surface area contributed by atoms with Gasteiger partial charge in [0.15, 0.2) is 5.71 Å². The number of benzene rings is 2. The fourth-order valence-corrected chi connectivity index (χ4v) is 6.33.